The lowest BCUT2D eigenvalue weighted by molar-refractivity contribution is -0.143. The first-order valence-corrected chi connectivity index (χ1v) is 7.19. The van der Waals surface area contributed by atoms with E-state index in [0.717, 1.165) is 12.8 Å². The summed E-state index contributed by atoms with van der Waals surface area (Å²) in [4.78, 5) is 24.7. The lowest BCUT2D eigenvalue weighted by atomic mass is 9.92. The number of carbonyl (C=O) groups is 2. The van der Waals surface area contributed by atoms with Gasteiger partial charge in [0.2, 0.25) is 0 Å². The zero-order valence-electron chi connectivity index (χ0n) is 12.2. The second-order valence-electron chi connectivity index (χ2n) is 5.87. The third kappa shape index (κ3) is 5.09. The summed E-state index contributed by atoms with van der Waals surface area (Å²) in [6.07, 6.45) is 3.20. The summed E-state index contributed by atoms with van der Waals surface area (Å²) >= 11 is 0. The first-order valence-electron chi connectivity index (χ1n) is 7.19. The number of carbonyl (C=O) groups excluding carboxylic acids is 1. The van der Waals surface area contributed by atoms with Crippen molar-refractivity contribution in [3.63, 3.8) is 0 Å². The normalized spacial score (nSPS) is 23.5. The summed E-state index contributed by atoms with van der Waals surface area (Å²) in [7, 11) is 0. The molecule has 5 heteroatoms. The van der Waals surface area contributed by atoms with Gasteiger partial charge in [0.15, 0.2) is 0 Å². The SMILES string of the molecule is CC(C)CCCNC(=O)N1CCC(C(=O)O)CC1C. The number of aliphatic carboxylic acids is 1. The Morgan fingerprint density at radius 1 is 1.42 bits per heavy atom. The summed E-state index contributed by atoms with van der Waals surface area (Å²) in [5.41, 5.74) is 0. The first kappa shape index (κ1) is 15.8. The van der Waals surface area contributed by atoms with E-state index in [2.05, 4.69) is 19.2 Å². The van der Waals surface area contributed by atoms with Crippen LogP contribution in [0.3, 0.4) is 0 Å². The number of hydrogen-bond acceptors (Lipinski definition) is 2. The molecular weight excluding hydrogens is 244 g/mol. The predicted molar refractivity (Wildman–Crippen MR) is 74.0 cm³/mol. The van der Waals surface area contributed by atoms with Crippen molar-refractivity contribution in [1.82, 2.24) is 10.2 Å². The van der Waals surface area contributed by atoms with Crippen molar-refractivity contribution in [2.45, 2.75) is 52.5 Å². The van der Waals surface area contributed by atoms with Crippen LogP contribution in [0.4, 0.5) is 4.79 Å². The van der Waals surface area contributed by atoms with Gasteiger partial charge in [-0.1, -0.05) is 13.8 Å². The molecule has 0 spiro atoms. The summed E-state index contributed by atoms with van der Waals surface area (Å²) < 4.78 is 0. The van der Waals surface area contributed by atoms with Crippen molar-refractivity contribution < 1.29 is 14.7 Å². The Morgan fingerprint density at radius 2 is 2.11 bits per heavy atom. The van der Waals surface area contributed by atoms with Crippen LogP contribution < -0.4 is 5.32 Å². The third-order valence-electron chi connectivity index (χ3n) is 3.72. The van der Waals surface area contributed by atoms with E-state index in [1.54, 1.807) is 4.90 Å². The molecule has 0 aromatic rings. The maximum absolute atomic E-state index is 12.0. The molecular formula is C14H26N2O3. The Hall–Kier alpha value is -1.26. The van der Waals surface area contributed by atoms with Gasteiger partial charge in [0.25, 0.3) is 0 Å². The van der Waals surface area contributed by atoms with Gasteiger partial charge in [0, 0.05) is 19.1 Å². The van der Waals surface area contributed by atoms with Crippen LogP contribution in [0.2, 0.25) is 0 Å². The highest BCUT2D eigenvalue weighted by molar-refractivity contribution is 5.75. The molecule has 2 atom stereocenters. The highest BCUT2D eigenvalue weighted by atomic mass is 16.4. The number of nitrogens with zero attached hydrogens (tertiary/aromatic N) is 1. The van der Waals surface area contributed by atoms with Gasteiger partial charge in [0.05, 0.1) is 5.92 Å². The number of carboxylic acids is 1. The second kappa shape index (κ2) is 7.36. The number of piperidine rings is 1. The molecule has 0 aromatic heterocycles. The smallest absolute Gasteiger partial charge is 0.317 e. The van der Waals surface area contributed by atoms with Crippen LogP contribution in [-0.4, -0.2) is 41.1 Å². The number of amides is 2. The Bertz CT molecular complexity index is 318. The van der Waals surface area contributed by atoms with Gasteiger partial charge in [-0.3, -0.25) is 4.79 Å². The summed E-state index contributed by atoms with van der Waals surface area (Å²) in [5, 5.41) is 11.9. The van der Waals surface area contributed by atoms with E-state index in [1.807, 2.05) is 6.92 Å². The molecule has 0 aromatic carbocycles. The fourth-order valence-electron chi connectivity index (χ4n) is 2.51. The minimum absolute atomic E-state index is 0.0000475. The molecule has 2 amide bonds. The van der Waals surface area contributed by atoms with Gasteiger partial charge < -0.3 is 15.3 Å². The predicted octanol–water partition coefficient (Wildman–Crippen LogP) is 2.32. The van der Waals surface area contributed by atoms with Crippen LogP contribution in [0, 0.1) is 11.8 Å². The van der Waals surface area contributed by atoms with Crippen molar-refractivity contribution in [3.05, 3.63) is 0 Å². The first-order chi connectivity index (χ1) is 8.91. The van der Waals surface area contributed by atoms with Crippen LogP contribution in [0.5, 0.6) is 0 Å². The number of urea groups is 1. The Balaban J connectivity index is 2.31. The van der Waals surface area contributed by atoms with Crippen molar-refractivity contribution in [3.8, 4) is 0 Å². The summed E-state index contributed by atoms with van der Waals surface area (Å²) in [5.74, 6) is -0.397. The molecule has 19 heavy (non-hydrogen) atoms. The number of nitrogens with one attached hydrogen (secondary N) is 1. The molecule has 1 aliphatic heterocycles. The molecule has 5 nitrogen and oxygen atoms in total. The van der Waals surface area contributed by atoms with Crippen molar-refractivity contribution in [2.24, 2.45) is 11.8 Å². The minimum atomic E-state index is -0.746. The van der Waals surface area contributed by atoms with Gasteiger partial charge in [-0.05, 0) is 38.5 Å². The topological polar surface area (TPSA) is 69.6 Å². The molecule has 0 saturated carbocycles. The number of likely N-dealkylation sites (tertiary alicyclic amines) is 1. The van der Waals surface area contributed by atoms with E-state index in [4.69, 9.17) is 5.11 Å². The summed E-state index contributed by atoms with van der Waals surface area (Å²) in [6.45, 7) is 7.49. The van der Waals surface area contributed by atoms with E-state index >= 15 is 0 Å². The minimum Gasteiger partial charge on any atom is -0.481 e. The standard InChI is InChI=1S/C14H26N2O3/c1-10(2)5-4-7-15-14(19)16-8-6-12(13(17)18)9-11(16)3/h10-12H,4-9H2,1-3H3,(H,15,19)(H,17,18). The molecule has 2 unspecified atom stereocenters. The van der Waals surface area contributed by atoms with Crippen LogP contribution in [0.1, 0.15) is 46.5 Å². The fraction of sp³-hybridized carbons (Fsp3) is 0.857. The van der Waals surface area contributed by atoms with Crippen LogP contribution in [0.25, 0.3) is 0 Å². The monoisotopic (exact) mass is 270 g/mol. The van der Waals surface area contributed by atoms with E-state index in [0.29, 0.717) is 31.8 Å². The maximum Gasteiger partial charge on any atom is 0.317 e. The quantitative estimate of drug-likeness (QED) is 0.753. The maximum atomic E-state index is 12.0. The second-order valence-corrected chi connectivity index (χ2v) is 5.87. The van der Waals surface area contributed by atoms with Crippen LogP contribution >= 0.6 is 0 Å². The Morgan fingerprint density at radius 3 is 2.63 bits per heavy atom. The van der Waals surface area contributed by atoms with E-state index < -0.39 is 5.97 Å². The fourth-order valence-corrected chi connectivity index (χ4v) is 2.51. The number of carboxylic acid groups (broad SMARTS) is 1. The molecule has 1 aliphatic rings. The highest BCUT2D eigenvalue weighted by Crippen LogP contribution is 2.22. The largest absolute Gasteiger partial charge is 0.481 e. The Kier molecular flexibility index (Phi) is 6.12. The lowest BCUT2D eigenvalue weighted by Gasteiger charge is -2.36. The molecule has 2 N–H and O–H groups in total. The van der Waals surface area contributed by atoms with E-state index in [-0.39, 0.29) is 18.0 Å². The lowest BCUT2D eigenvalue weighted by Crippen LogP contribution is -2.50. The van der Waals surface area contributed by atoms with Gasteiger partial charge in [-0.2, -0.15) is 0 Å². The molecule has 1 rings (SSSR count). The molecule has 1 saturated heterocycles. The molecule has 1 heterocycles. The van der Waals surface area contributed by atoms with Crippen LogP contribution in [0.15, 0.2) is 0 Å². The van der Waals surface area contributed by atoms with Crippen molar-refractivity contribution in [1.29, 1.82) is 0 Å². The zero-order valence-corrected chi connectivity index (χ0v) is 12.2. The van der Waals surface area contributed by atoms with Gasteiger partial charge in [0.1, 0.15) is 0 Å². The Labute approximate surface area is 115 Å². The highest BCUT2D eigenvalue weighted by Gasteiger charge is 2.31. The average Bonchev–Trinajstić information content (AvgIpc) is 2.33. The zero-order chi connectivity index (χ0) is 14.4. The summed E-state index contributed by atoms with van der Waals surface area (Å²) in [6, 6.07) is -0.0555. The number of rotatable bonds is 5. The molecule has 1 fully saturated rings. The molecule has 0 aliphatic carbocycles. The van der Waals surface area contributed by atoms with Crippen molar-refractivity contribution >= 4 is 12.0 Å². The number of hydrogen-bond donors (Lipinski definition) is 2. The van der Waals surface area contributed by atoms with Crippen molar-refractivity contribution in [2.75, 3.05) is 13.1 Å². The molecule has 0 bridgehead atoms. The van der Waals surface area contributed by atoms with E-state index in [9.17, 15) is 9.59 Å². The van der Waals surface area contributed by atoms with Gasteiger partial charge >= 0.3 is 12.0 Å². The van der Waals surface area contributed by atoms with Gasteiger partial charge in [-0.15, -0.1) is 0 Å². The molecule has 0 radical (unpaired) electrons. The van der Waals surface area contributed by atoms with Gasteiger partial charge in [-0.25, -0.2) is 4.79 Å². The van der Waals surface area contributed by atoms with Crippen LogP contribution in [-0.2, 0) is 4.79 Å². The average molecular weight is 270 g/mol. The van der Waals surface area contributed by atoms with E-state index in [1.165, 1.54) is 0 Å². The molecule has 110 valence electrons. The third-order valence-corrected chi connectivity index (χ3v) is 3.72.